The summed E-state index contributed by atoms with van der Waals surface area (Å²) in [6.07, 6.45) is 0.382. The van der Waals surface area contributed by atoms with E-state index in [0.717, 1.165) is 9.37 Å². The second-order valence-electron chi connectivity index (χ2n) is 3.14. The Hall–Kier alpha value is -0.550. The van der Waals surface area contributed by atoms with Crippen molar-refractivity contribution in [3.05, 3.63) is 28.7 Å². The van der Waals surface area contributed by atoms with Crippen LogP contribution >= 0.6 is 27.7 Å². The predicted molar refractivity (Wildman–Crippen MR) is 68.5 cm³/mol. The Morgan fingerprint density at radius 1 is 1.50 bits per heavy atom. The predicted octanol–water partition coefficient (Wildman–Crippen LogP) is 3.02. The van der Waals surface area contributed by atoms with Gasteiger partial charge >= 0.3 is 0 Å². The summed E-state index contributed by atoms with van der Waals surface area (Å²) in [6, 6.07) is 7.77. The van der Waals surface area contributed by atoms with Crippen molar-refractivity contribution in [1.29, 1.82) is 0 Å². The van der Waals surface area contributed by atoms with Crippen LogP contribution in [0.25, 0.3) is 0 Å². The summed E-state index contributed by atoms with van der Waals surface area (Å²) in [4.78, 5) is 12.3. The first-order valence-electron chi connectivity index (χ1n) is 4.93. The largest absolute Gasteiger partial charge is 0.355 e. The highest BCUT2D eigenvalue weighted by Crippen LogP contribution is 2.21. The summed E-state index contributed by atoms with van der Waals surface area (Å²) >= 11 is 4.83. The molecule has 0 aliphatic heterocycles. The average molecular weight is 306 g/mol. The van der Waals surface area contributed by atoms with Gasteiger partial charge in [0, 0.05) is 15.9 Å². The van der Waals surface area contributed by atoms with Crippen molar-refractivity contribution in [3.63, 3.8) is 0 Å². The Morgan fingerprint density at radius 2 is 2.31 bits per heavy atom. The highest BCUT2D eigenvalue weighted by molar-refractivity contribution is 9.10. The molecule has 0 heterocycles. The molecule has 0 saturated heterocycles. The lowest BCUT2D eigenvalue weighted by Crippen LogP contribution is -2.26. The van der Waals surface area contributed by atoms with E-state index in [0.29, 0.717) is 18.7 Å². The zero-order valence-corrected chi connectivity index (χ0v) is 11.1. The van der Waals surface area contributed by atoms with Gasteiger partial charge in [0.2, 0.25) is 5.91 Å². The minimum Gasteiger partial charge on any atom is -0.355 e. The maximum atomic E-state index is 11.8. The molecule has 0 aliphatic rings. The number of benzene rings is 1. The molecule has 1 amide bonds. The van der Waals surface area contributed by atoms with Crippen LogP contribution in [0, 0.1) is 0 Å². The molecule has 16 heavy (non-hydrogen) atoms. The lowest BCUT2D eigenvalue weighted by Gasteiger charge is -2.04. The van der Waals surface area contributed by atoms with Crippen molar-refractivity contribution in [3.8, 4) is 0 Å². The maximum absolute atomic E-state index is 11.8. The fraction of sp³-hybridized carbons (Fsp3) is 0.364. The Morgan fingerprint density at radius 3 is 3.00 bits per heavy atom. The Labute approximate surface area is 107 Å². The zero-order chi connectivity index (χ0) is 11.8. The molecule has 1 aromatic carbocycles. The molecule has 88 valence electrons. The minimum absolute atomic E-state index is 0.0570. The molecule has 5 heteroatoms. The highest BCUT2D eigenvalue weighted by atomic mass is 79.9. The smallest absolute Gasteiger partial charge is 0.230 e. The van der Waals surface area contributed by atoms with E-state index in [4.69, 9.17) is 0 Å². The highest BCUT2D eigenvalue weighted by Gasteiger charge is 2.02. The van der Waals surface area contributed by atoms with E-state index in [9.17, 15) is 9.18 Å². The van der Waals surface area contributed by atoms with Crippen molar-refractivity contribution in [1.82, 2.24) is 5.32 Å². The third kappa shape index (κ3) is 5.51. The van der Waals surface area contributed by atoms with Gasteiger partial charge in [-0.15, -0.1) is 11.8 Å². The number of halogens is 2. The van der Waals surface area contributed by atoms with Gasteiger partial charge in [-0.25, -0.2) is 0 Å². The molecule has 0 atom stereocenters. The van der Waals surface area contributed by atoms with Crippen LogP contribution in [0.3, 0.4) is 0 Å². The Bertz CT molecular complexity index is 349. The maximum Gasteiger partial charge on any atom is 0.230 e. The molecular formula is C11H13BrFNOS. The zero-order valence-electron chi connectivity index (χ0n) is 8.71. The van der Waals surface area contributed by atoms with Crippen LogP contribution in [0.2, 0.25) is 0 Å². The SMILES string of the molecule is O=C(CSc1cccc(Br)c1)NCCCF. The van der Waals surface area contributed by atoms with Crippen molar-refractivity contribution in [2.24, 2.45) is 0 Å². The summed E-state index contributed by atoms with van der Waals surface area (Å²) in [7, 11) is 0. The van der Waals surface area contributed by atoms with Crippen LogP contribution in [0.4, 0.5) is 4.39 Å². The first-order valence-corrected chi connectivity index (χ1v) is 6.71. The molecule has 0 unspecified atom stereocenters. The molecule has 0 aromatic heterocycles. The molecule has 0 bridgehead atoms. The lowest BCUT2D eigenvalue weighted by molar-refractivity contribution is -0.118. The van der Waals surface area contributed by atoms with E-state index in [1.165, 1.54) is 11.8 Å². The van der Waals surface area contributed by atoms with Gasteiger partial charge in [0.05, 0.1) is 12.4 Å². The molecule has 0 aliphatic carbocycles. The first-order chi connectivity index (χ1) is 7.72. The van der Waals surface area contributed by atoms with Crippen LogP contribution in [-0.4, -0.2) is 24.9 Å². The molecule has 1 aromatic rings. The van der Waals surface area contributed by atoms with Crippen molar-refractivity contribution in [2.45, 2.75) is 11.3 Å². The number of hydrogen-bond donors (Lipinski definition) is 1. The number of thioether (sulfide) groups is 1. The van der Waals surface area contributed by atoms with Crippen molar-refractivity contribution in [2.75, 3.05) is 19.0 Å². The van der Waals surface area contributed by atoms with Crippen LogP contribution < -0.4 is 5.32 Å². The van der Waals surface area contributed by atoms with Gasteiger partial charge in [0.1, 0.15) is 0 Å². The van der Waals surface area contributed by atoms with E-state index < -0.39 is 0 Å². The topological polar surface area (TPSA) is 29.1 Å². The van der Waals surface area contributed by atoms with Gasteiger partial charge in [-0.3, -0.25) is 9.18 Å². The van der Waals surface area contributed by atoms with E-state index in [1.54, 1.807) is 0 Å². The number of amides is 1. The summed E-state index contributed by atoms with van der Waals surface area (Å²) in [5, 5.41) is 2.66. The van der Waals surface area contributed by atoms with E-state index >= 15 is 0 Å². The third-order valence-corrected chi connectivity index (χ3v) is 3.29. The monoisotopic (exact) mass is 305 g/mol. The average Bonchev–Trinajstić information content (AvgIpc) is 2.27. The number of rotatable bonds is 6. The van der Waals surface area contributed by atoms with Gasteiger partial charge in [-0.2, -0.15) is 0 Å². The van der Waals surface area contributed by atoms with Gasteiger partial charge in [-0.1, -0.05) is 22.0 Å². The molecule has 1 rings (SSSR count). The normalized spacial score (nSPS) is 10.1. The van der Waals surface area contributed by atoms with Gasteiger partial charge in [0.25, 0.3) is 0 Å². The molecule has 2 nitrogen and oxygen atoms in total. The minimum atomic E-state index is -0.390. The fourth-order valence-corrected chi connectivity index (χ4v) is 2.39. The van der Waals surface area contributed by atoms with Crippen molar-refractivity contribution < 1.29 is 9.18 Å². The van der Waals surface area contributed by atoms with Crippen LogP contribution in [0.5, 0.6) is 0 Å². The van der Waals surface area contributed by atoms with Crippen LogP contribution in [-0.2, 0) is 4.79 Å². The fourth-order valence-electron chi connectivity index (χ4n) is 1.05. The summed E-state index contributed by atoms with van der Waals surface area (Å²) in [5.74, 6) is 0.307. The second kappa shape index (κ2) is 7.68. The molecule has 1 N–H and O–H groups in total. The molecule has 0 saturated carbocycles. The number of carbonyl (C=O) groups is 1. The lowest BCUT2D eigenvalue weighted by atomic mass is 10.4. The summed E-state index contributed by atoms with van der Waals surface area (Å²) in [6.45, 7) is 0.0213. The Balaban J connectivity index is 2.26. The van der Waals surface area contributed by atoms with Gasteiger partial charge < -0.3 is 5.32 Å². The first kappa shape index (κ1) is 13.5. The van der Waals surface area contributed by atoms with E-state index in [2.05, 4.69) is 21.2 Å². The number of nitrogens with one attached hydrogen (secondary N) is 1. The molecule has 0 radical (unpaired) electrons. The van der Waals surface area contributed by atoms with Gasteiger partial charge in [-0.05, 0) is 24.6 Å². The van der Waals surface area contributed by atoms with Crippen molar-refractivity contribution >= 4 is 33.6 Å². The molecular weight excluding hydrogens is 293 g/mol. The third-order valence-electron chi connectivity index (χ3n) is 1.80. The number of alkyl halides is 1. The van der Waals surface area contributed by atoms with Gasteiger partial charge in [0.15, 0.2) is 0 Å². The standard InChI is InChI=1S/C11H13BrFNOS/c12-9-3-1-4-10(7-9)16-8-11(15)14-6-2-5-13/h1,3-4,7H,2,5-6,8H2,(H,14,15). The summed E-state index contributed by atoms with van der Waals surface area (Å²) in [5.41, 5.74) is 0. The summed E-state index contributed by atoms with van der Waals surface area (Å²) < 4.78 is 12.8. The second-order valence-corrected chi connectivity index (χ2v) is 5.10. The Kier molecular flexibility index (Phi) is 6.49. The molecule has 0 fully saturated rings. The molecule has 0 spiro atoms. The number of carbonyl (C=O) groups excluding carboxylic acids is 1. The van der Waals surface area contributed by atoms with E-state index in [1.807, 2.05) is 24.3 Å². The van der Waals surface area contributed by atoms with Crippen LogP contribution in [0.1, 0.15) is 6.42 Å². The quantitative estimate of drug-likeness (QED) is 0.646. The number of hydrogen-bond acceptors (Lipinski definition) is 2. The van der Waals surface area contributed by atoms with E-state index in [-0.39, 0.29) is 12.6 Å². The van der Waals surface area contributed by atoms with Crippen LogP contribution in [0.15, 0.2) is 33.6 Å².